The van der Waals surface area contributed by atoms with Gasteiger partial charge in [-0.05, 0) is 24.8 Å². The Balaban J connectivity index is 0.000000185. The zero-order chi connectivity index (χ0) is 43.9. The van der Waals surface area contributed by atoms with Gasteiger partial charge in [-0.2, -0.15) is 0 Å². The summed E-state index contributed by atoms with van der Waals surface area (Å²) in [5.74, 6) is -0.428. The summed E-state index contributed by atoms with van der Waals surface area (Å²) in [7, 11) is 0. The number of esters is 2. The fraction of sp³-hybridized carbons (Fsp3) is 0.306. The van der Waals surface area contributed by atoms with Crippen LogP contribution in [0.25, 0.3) is 0 Å². The molecule has 326 valence electrons. The Kier molecular flexibility index (Phi) is 20.6. The molecule has 13 heteroatoms. The third-order valence-corrected chi connectivity index (χ3v) is 19.3. The summed E-state index contributed by atoms with van der Waals surface area (Å²) in [4.78, 5) is 52.4. The maximum atomic E-state index is 12.6. The number of benzene rings is 5. The maximum absolute atomic E-state index is 12.6. The molecule has 2 heterocycles. The first-order chi connectivity index (χ1) is 30.2. The molecule has 0 bridgehead atoms. The zero-order valence-corrected chi connectivity index (χ0v) is 40.4. The van der Waals surface area contributed by atoms with Gasteiger partial charge in [-0.15, -0.1) is 0 Å². The van der Waals surface area contributed by atoms with Crippen LogP contribution in [-0.2, 0) is 41.8 Å². The van der Waals surface area contributed by atoms with Crippen LogP contribution in [-0.4, -0.2) is 114 Å². The Labute approximate surface area is 383 Å². The van der Waals surface area contributed by atoms with Crippen LogP contribution in [0.3, 0.4) is 0 Å². The molecular formula is C49H54N2O8Se3. The molecule has 2 aliphatic heterocycles. The van der Waals surface area contributed by atoms with E-state index in [1.807, 2.05) is 85.8 Å². The number of amides is 2. The standard InChI is InChI=1S/C21H23NO4Se.C16H21NO4.C12H10Se2/c1-2-25-20(23)19-13-18(27-17-11-7-4-8-12-17)14-22(19)21(24)26-15-16-9-5-3-6-10-16;1-3-20-15(18)14-9-12(2)10-17(14)16(19)21-11-13-7-5-4-6-8-13;1-3-7-11(8-4-1)13-14-12-9-5-2-6-10-12/h3-12,18-19H,2,13-15H2,1H3;4-8,12,14H,3,9-11H2,1-2H3;1-10H/t18-,19-;12-,14+;/m01./s1. The van der Waals surface area contributed by atoms with Crippen molar-refractivity contribution in [2.75, 3.05) is 26.3 Å². The Bertz CT molecular complexity index is 2050. The number of hydrogen-bond donors (Lipinski definition) is 0. The average Bonchev–Trinajstić information content (AvgIpc) is 3.93. The van der Waals surface area contributed by atoms with Crippen LogP contribution in [0.5, 0.6) is 0 Å². The first kappa shape index (κ1) is 48.2. The van der Waals surface area contributed by atoms with E-state index in [9.17, 15) is 19.2 Å². The van der Waals surface area contributed by atoms with Crippen molar-refractivity contribution in [1.29, 1.82) is 0 Å². The SMILES string of the molecule is CCOC(=O)[C@@H]1C[C@@H](C)CN1C(=O)OCc1ccccc1.CCOC(=O)[C@@H]1C[C@H]([Se]c2ccccc2)CN1C(=O)OCc1ccccc1.c1ccc([Se][Se]c2ccccc2)cc1. The quantitative estimate of drug-likeness (QED) is 0.0765. The van der Waals surface area contributed by atoms with Crippen LogP contribution in [0, 0.1) is 5.92 Å². The average molecular weight is 1040 g/mol. The fourth-order valence-electron chi connectivity index (χ4n) is 6.60. The Hall–Kier alpha value is -4.86. The van der Waals surface area contributed by atoms with Crippen LogP contribution < -0.4 is 13.4 Å². The van der Waals surface area contributed by atoms with E-state index in [1.54, 1.807) is 13.8 Å². The van der Waals surface area contributed by atoms with Crippen molar-refractivity contribution in [3.8, 4) is 0 Å². The molecule has 2 fully saturated rings. The van der Waals surface area contributed by atoms with Crippen LogP contribution in [0.1, 0.15) is 44.7 Å². The van der Waals surface area contributed by atoms with Gasteiger partial charge in [-0.1, -0.05) is 37.3 Å². The molecule has 4 atom stereocenters. The van der Waals surface area contributed by atoms with Crippen molar-refractivity contribution in [3.63, 3.8) is 0 Å². The van der Waals surface area contributed by atoms with Gasteiger partial charge in [-0.25, -0.2) is 9.59 Å². The third-order valence-electron chi connectivity index (χ3n) is 9.54. The second kappa shape index (κ2) is 26.6. The third kappa shape index (κ3) is 16.1. The van der Waals surface area contributed by atoms with Crippen LogP contribution in [0.2, 0.25) is 4.82 Å². The van der Waals surface area contributed by atoms with E-state index < -0.39 is 24.3 Å². The van der Waals surface area contributed by atoms with Crippen molar-refractivity contribution < 1.29 is 38.1 Å². The van der Waals surface area contributed by atoms with Crippen molar-refractivity contribution >= 4 is 78.7 Å². The van der Waals surface area contributed by atoms with Crippen LogP contribution >= 0.6 is 0 Å². The molecule has 0 radical (unpaired) electrons. The van der Waals surface area contributed by atoms with Gasteiger partial charge in [0.15, 0.2) is 0 Å². The van der Waals surface area contributed by atoms with Crippen molar-refractivity contribution in [2.45, 2.75) is 63.7 Å². The summed E-state index contributed by atoms with van der Waals surface area (Å²) in [6, 6.07) is 49.7. The van der Waals surface area contributed by atoms with Gasteiger partial charge in [0.25, 0.3) is 0 Å². The molecule has 2 aliphatic rings. The molecule has 5 aromatic carbocycles. The van der Waals surface area contributed by atoms with E-state index in [1.165, 1.54) is 23.2 Å². The molecule has 2 saturated heterocycles. The summed E-state index contributed by atoms with van der Waals surface area (Å²) in [6.45, 7) is 7.61. The number of likely N-dealkylation sites (tertiary alicyclic amines) is 2. The van der Waals surface area contributed by atoms with E-state index in [4.69, 9.17) is 18.9 Å². The number of rotatable bonds is 13. The number of carbonyl (C=O) groups excluding carboxylic acids is 4. The van der Waals surface area contributed by atoms with Gasteiger partial charge in [-0.3, -0.25) is 4.90 Å². The zero-order valence-electron chi connectivity index (χ0n) is 35.3. The molecule has 0 unspecified atom stereocenters. The molecular weight excluding hydrogens is 981 g/mol. The number of nitrogens with zero attached hydrogens (tertiary/aromatic N) is 2. The number of hydrogen-bond acceptors (Lipinski definition) is 8. The first-order valence-electron chi connectivity index (χ1n) is 20.7. The molecule has 2 amide bonds. The summed E-state index contributed by atoms with van der Waals surface area (Å²) in [6.07, 6.45) is 0.331. The van der Waals surface area contributed by atoms with Crippen LogP contribution in [0.4, 0.5) is 9.59 Å². The molecule has 0 aromatic heterocycles. The van der Waals surface area contributed by atoms with Crippen molar-refractivity contribution in [2.24, 2.45) is 5.92 Å². The Morgan fingerprint density at radius 3 is 1.29 bits per heavy atom. The molecule has 7 rings (SSSR count). The monoisotopic (exact) mass is 1040 g/mol. The first-order valence-corrected chi connectivity index (χ1v) is 28.6. The van der Waals surface area contributed by atoms with E-state index in [2.05, 4.69) is 72.8 Å². The molecule has 0 N–H and O–H groups in total. The molecule has 0 saturated carbocycles. The van der Waals surface area contributed by atoms with Gasteiger partial charge < -0.3 is 9.47 Å². The summed E-state index contributed by atoms with van der Waals surface area (Å²) in [5.41, 5.74) is 1.84. The summed E-state index contributed by atoms with van der Waals surface area (Å²) in [5, 5.41) is 0. The molecule has 0 spiro atoms. The Morgan fingerprint density at radius 1 is 0.500 bits per heavy atom. The second-order valence-electron chi connectivity index (χ2n) is 14.3. The fourth-order valence-corrected chi connectivity index (χ4v) is 15.2. The molecule has 10 nitrogen and oxygen atoms in total. The van der Waals surface area contributed by atoms with Gasteiger partial charge in [0.1, 0.15) is 12.6 Å². The Morgan fingerprint density at radius 2 is 0.871 bits per heavy atom. The van der Waals surface area contributed by atoms with E-state index >= 15 is 0 Å². The van der Waals surface area contributed by atoms with Gasteiger partial charge in [0.2, 0.25) is 0 Å². The van der Waals surface area contributed by atoms with Crippen molar-refractivity contribution in [3.05, 3.63) is 163 Å². The predicted octanol–water partition coefficient (Wildman–Crippen LogP) is 6.34. The van der Waals surface area contributed by atoms with E-state index in [0.717, 1.165) is 11.1 Å². The molecule has 62 heavy (non-hydrogen) atoms. The predicted molar refractivity (Wildman–Crippen MR) is 245 cm³/mol. The summed E-state index contributed by atoms with van der Waals surface area (Å²) < 4.78 is 25.2. The topological polar surface area (TPSA) is 112 Å². The normalized spacial score (nSPS) is 17.7. The van der Waals surface area contributed by atoms with Gasteiger partial charge in [0.05, 0.1) is 6.61 Å². The minimum absolute atomic E-state index is 0.181. The van der Waals surface area contributed by atoms with E-state index in [-0.39, 0.29) is 50.8 Å². The van der Waals surface area contributed by atoms with Crippen LogP contribution in [0.15, 0.2) is 152 Å². The van der Waals surface area contributed by atoms with Crippen molar-refractivity contribution in [1.82, 2.24) is 9.80 Å². The molecule has 0 aliphatic carbocycles. The minimum atomic E-state index is -0.566. The molecule has 5 aromatic rings. The van der Waals surface area contributed by atoms with E-state index in [0.29, 0.717) is 65.4 Å². The van der Waals surface area contributed by atoms with Gasteiger partial charge >= 0.3 is 274 Å². The number of ether oxygens (including phenoxy) is 4. The summed E-state index contributed by atoms with van der Waals surface area (Å²) >= 11 is 1.45. The van der Waals surface area contributed by atoms with Gasteiger partial charge in [0, 0.05) is 6.54 Å². The number of carbonyl (C=O) groups is 4. The second-order valence-corrected chi connectivity index (χ2v) is 23.5.